The number of carbonyl (C=O) groups excluding carboxylic acids is 1. The standard InChI is InChI=1S/C20H32N2O3S/c1-20(2,3)17-13-9-10-14-18(17)21-19(23)15-22(26(4,24)25)16-11-7-5-6-8-12-16/h9-10,13-14,16H,5-8,11-12,15H2,1-4H3,(H,21,23). The molecule has 1 aromatic carbocycles. The van der Waals surface area contributed by atoms with Crippen LogP contribution >= 0.6 is 0 Å². The van der Waals surface area contributed by atoms with Crippen LogP contribution in [0.4, 0.5) is 5.69 Å². The van der Waals surface area contributed by atoms with Crippen molar-refractivity contribution in [2.75, 3.05) is 18.1 Å². The van der Waals surface area contributed by atoms with Crippen molar-refractivity contribution in [3.05, 3.63) is 29.8 Å². The lowest BCUT2D eigenvalue weighted by Gasteiger charge is -2.29. The molecule has 146 valence electrons. The van der Waals surface area contributed by atoms with E-state index in [1.807, 2.05) is 24.3 Å². The summed E-state index contributed by atoms with van der Waals surface area (Å²) in [4.78, 5) is 12.7. The summed E-state index contributed by atoms with van der Waals surface area (Å²) in [5.74, 6) is -0.281. The van der Waals surface area contributed by atoms with Crippen molar-refractivity contribution in [3.8, 4) is 0 Å². The van der Waals surface area contributed by atoms with Crippen LogP contribution in [0.2, 0.25) is 0 Å². The second-order valence-electron chi connectivity index (χ2n) is 8.30. The van der Waals surface area contributed by atoms with E-state index in [-0.39, 0.29) is 23.9 Å². The van der Waals surface area contributed by atoms with E-state index in [0.717, 1.165) is 49.8 Å². The Morgan fingerprint density at radius 1 is 1.12 bits per heavy atom. The molecule has 26 heavy (non-hydrogen) atoms. The monoisotopic (exact) mass is 380 g/mol. The van der Waals surface area contributed by atoms with Gasteiger partial charge in [0.1, 0.15) is 0 Å². The van der Waals surface area contributed by atoms with Gasteiger partial charge in [0.25, 0.3) is 0 Å². The smallest absolute Gasteiger partial charge is 0.239 e. The van der Waals surface area contributed by atoms with Crippen molar-refractivity contribution in [3.63, 3.8) is 0 Å². The third-order valence-electron chi connectivity index (χ3n) is 4.97. The summed E-state index contributed by atoms with van der Waals surface area (Å²) in [5.41, 5.74) is 1.68. The minimum absolute atomic E-state index is 0.0730. The fourth-order valence-electron chi connectivity index (χ4n) is 3.64. The molecule has 0 saturated heterocycles. The van der Waals surface area contributed by atoms with Crippen LogP contribution in [0.1, 0.15) is 64.9 Å². The summed E-state index contributed by atoms with van der Waals surface area (Å²) in [5, 5.41) is 2.93. The molecule has 0 unspecified atom stereocenters. The molecule has 1 aromatic rings. The van der Waals surface area contributed by atoms with E-state index in [1.165, 1.54) is 10.6 Å². The molecule has 0 bridgehead atoms. The largest absolute Gasteiger partial charge is 0.325 e. The molecule has 0 atom stereocenters. The van der Waals surface area contributed by atoms with E-state index in [2.05, 4.69) is 26.1 Å². The van der Waals surface area contributed by atoms with E-state index in [1.54, 1.807) is 0 Å². The Morgan fingerprint density at radius 2 is 1.69 bits per heavy atom. The number of benzene rings is 1. The lowest BCUT2D eigenvalue weighted by Crippen LogP contribution is -2.44. The topological polar surface area (TPSA) is 66.5 Å². The van der Waals surface area contributed by atoms with Gasteiger partial charge in [0.15, 0.2) is 0 Å². The molecule has 6 heteroatoms. The summed E-state index contributed by atoms with van der Waals surface area (Å²) >= 11 is 0. The normalized spacial score (nSPS) is 17.1. The number of rotatable bonds is 5. The minimum atomic E-state index is -3.43. The molecule has 2 rings (SSSR count). The van der Waals surface area contributed by atoms with Crippen molar-refractivity contribution < 1.29 is 13.2 Å². The van der Waals surface area contributed by atoms with E-state index in [4.69, 9.17) is 0 Å². The highest BCUT2D eigenvalue weighted by Gasteiger charge is 2.29. The van der Waals surface area contributed by atoms with Crippen LogP contribution in [-0.4, -0.2) is 37.5 Å². The zero-order valence-corrected chi connectivity index (χ0v) is 17.2. The first-order chi connectivity index (χ1) is 12.1. The Kier molecular flexibility index (Phi) is 6.86. The highest BCUT2D eigenvalue weighted by atomic mass is 32.2. The van der Waals surface area contributed by atoms with Gasteiger partial charge >= 0.3 is 0 Å². The zero-order valence-electron chi connectivity index (χ0n) is 16.4. The summed E-state index contributed by atoms with van der Waals surface area (Å²) in [6, 6.07) is 7.62. The second-order valence-corrected chi connectivity index (χ2v) is 10.2. The Hall–Kier alpha value is -1.40. The fraction of sp³-hybridized carbons (Fsp3) is 0.650. The van der Waals surface area contributed by atoms with Gasteiger partial charge in [-0.1, -0.05) is 64.7 Å². The predicted molar refractivity (Wildman–Crippen MR) is 107 cm³/mol. The molecule has 0 aliphatic heterocycles. The first-order valence-electron chi connectivity index (χ1n) is 9.45. The number of nitrogens with zero attached hydrogens (tertiary/aromatic N) is 1. The lowest BCUT2D eigenvalue weighted by atomic mass is 9.86. The Balaban J connectivity index is 2.16. The fourth-order valence-corrected chi connectivity index (χ4v) is 4.74. The number of para-hydroxylation sites is 1. The maximum atomic E-state index is 12.7. The molecule has 0 aromatic heterocycles. The highest BCUT2D eigenvalue weighted by Crippen LogP contribution is 2.29. The molecule has 1 N–H and O–H groups in total. The molecule has 0 spiro atoms. The van der Waals surface area contributed by atoms with Gasteiger partial charge in [-0.2, -0.15) is 4.31 Å². The van der Waals surface area contributed by atoms with Crippen molar-refractivity contribution >= 4 is 21.6 Å². The van der Waals surface area contributed by atoms with Crippen LogP contribution < -0.4 is 5.32 Å². The van der Waals surface area contributed by atoms with Gasteiger partial charge in [0.2, 0.25) is 15.9 Å². The predicted octanol–water partition coefficient (Wildman–Crippen LogP) is 3.91. The second kappa shape index (κ2) is 8.53. The Bertz CT molecular complexity index is 715. The molecular weight excluding hydrogens is 348 g/mol. The van der Waals surface area contributed by atoms with Crippen molar-refractivity contribution in [1.82, 2.24) is 4.31 Å². The third-order valence-corrected chi connectivity index (χ3v) is 6.25. The first kappa shape index (κ1) is 20.9. The molecule has 0 radical (unpaired) electrons. The van der Waals surface area contributed by atoms with Gasteiger partial charge in [0.05, 0.1) is 12.8 Å². The summed E-state index contributed by atoms with van der Waals surface area (Å²) in [7, 11) is -3.43. The van der Waals surface area contributed by atoms with Crippen molar-refractivity contribution in [2.45, 2.75) is 70.8 Å². The number of hydrogen-bond acceptors (Lipinski definition) is 3. The first-order valence-corrected chi connectivity index (χ1v) is 11.3. The van der Waals surface area contributed by atoms with Crippen LogP contribution in [0.5, 0.6) is 0 Å². The van der Waals surface area contributed by atoms with Gasteiger partial charge in [0, 0.05) is 11.7 Å². The molecule has 1 fully saturated rings. The molecule has 1 saturated carbocycles. The number of carbonyl (C=O) groups is 1. The average molecular weight is 381 g/mol. The van der Waals surface area contributed by atoms with E-state index in [0.29, 0.717) is 0 Å². The molecule has 0 heterocycles. The molecular formula is C20H32N2O3S. The Labute approximate surface area is 158 Å². The van der Waals surface area contributed by atoms with E-state index >= 15 is 0 Å². The average Bonchev–Trinajstić information content (AvgIpc) is 2.80. The molecule has 5 nitrogen and oxygen atoms in total. The SMILES string of the molecule is CC(C)(C)c1ccccc1NC(=O)CN(C1CCCCCC1)S(C)(=O)=O. The highest BCUT2D eigenvalue weighted by molar-refractivity contribution is 7.88. The van der Waals surface area contributed by atoms with Gasteiger partial charge in [-0.15, -0.1) is 0 Å². The van der Waals surface area contributed by atoms with E-state index < -0.39 is 10.0 Å². The van der Waals surface area contributed by atoms with Gasteiger partial charge in [-0.25, -0.2) is 8.42 Å². The van der Waals surface area contributed by atoms with Crippen LogP contribution in [0.25, 0.3) is 0 Å². The summed E-state index contributed by atoms with van der Waals surface area (Å²) in [6.45, 7) is 6.15. The van der Waals surface area contributed by atoms with Gasteiger partial charge in [-0.05, 0) is 29.9 Å². The number of nitrogens with one attached hydrogen (secondary N) is 1. The minimum Gasteiger partial charge on any atom is -0.325 e. The summed E-state index contributed by atoms with van der Waals surface area (Å²) in [6.07, 6.45) is 7.18. The molecule has 1 aliphatic carbocycles. The number of sulfonamides is 1. The third kappa shape index (κ3) is 5.81. The Morgan fingerprint density at radius 3 is 2.23 bits per heavy atom. The van der Waals surface area contributed by atoms with Crippen LogP contribution in [0.15, 0.2) is 24.3 Å². The number of amides is 1. The van der Waals surface area contributed by atoms with Crippen molar-refractivity contribution in [1.29, 1.82) is 0 Å². The van der Waals surface area contributed by atoms with Crippen LogP contribution in [0.3, 0.4) is 0 Å². The van der Waals surface area contributed by atoms with E-state index in [9.17, 15) is 13.2 Å². The molecule has 1 amide bonds. The van der Waals surface area contributed by atoms with Crippen molar-refractivity contribution in [2.24, 2.45) is 0 Å². The molecule has 1 aliphatic rings. The van der Waals surface area contributed by atoms with Gasteiger partial charge in [-0.3, -0.25) is 4.79 Å². The maximum Gasteiger partial charge on any atom is 0.239 e. The zero-order chi connectivity index (χ0) is 19.4. The quantitative estimate of drug-likeness (QED) is 0.788. The number of hydrogen-bond donors (Lipinski definition) is 1. The maximum absolute atomic E-state index is 12.7. The van der Waals surface area contributed by atoms with Crippen LogP contribution in [0, 0.1) is 0 Å². The van der Waals surface area contributed by atoms with Crippen LogP contribution in [-0.2, 0) is 20.2 Å². The lowest BCUT2D eigenvalue weighted by molar-refractivity contribution is -0.116. The number of anilines is 1. The summed E-state index contributed by atoms with van der Waals surface area (Å²) < 4.78 is 26.0. The van der Waals surface area contributed by atoms with Gasteiger partial charge < -0.3 is 5.32 Å².